The van der Waals surface area contributed by atoms with E-state index in [1.165, 1.54) is 11.1 Å². The third kappa shape index (κ3) is 5.95. The van der Waals surface area contributed by atoms with Crippen LogP contribution in [0.4, 0.5) is 0 Å². The molecule has 0 aliphatic heterocycles. The molecule has 0 fully saturated rings. The van der Waals surface area contributed by atoms with Crippen LogP contribution in [-0.2, 0) is 0 Å². The molecule has 0 aliphatic rings. The molecule has 0 amide bonds. The number of rotatable bonds is 6. The topological polar surface area (TPSA) is 12.4 Å². The van der Waals surface area contributed by atoms with Crippen molar-refractivity contribution in [3.63, 3.8) is 0 Å². The number of hydrogen-bond acceptors (Lipinski definition) is 1. The van der Waals surface area contributed by atoms with Gasteiger partial charge in [0.05, 0.1) is 5.70 Å². The first-order valence-electron chi connectivity index (χ1n) is 7.53. The predicted molar refractivity (Wildman–Crippen MR) is 94.9 cm³/mol. The first kappa shape index (κ1) is 17.2. The molecule has 112 valence electrons. The highest BCUT2D eigenvalue weighted by Crippen LogP contribution is 2.20. The van der Waals surface area contributed by atoms with Crippen LogP contribution in [0.15, 0.2) is 70.9 Å². The molecule has 1 atom stereocenters. The monoisotopic (exact) mass is 281 g/mol. The van der Waals surface area contributed by atoms with E-state index in [-0.39, 0.29) is 0 Å². The van der Waals surface area contributed by atoms with E-state index in [1.807, 2.05) is 6.92 Å². The van der Waals surface area contributed by atoms with Crippen LogP contribution in [0.3, 0.4) is 0 Å². The van der Waals surface area contributed by atoms with E-state index in [0.29, 0.717) is 5.92 Å². The molecule has 0 aliphatic carbocycles. The Hall–Kier alpha value is -1.89. The van der Waals surface area contributed by atoms with E-state index in [0.717, 1.165) is 23.4 Å². The van der Waals surface area contributed by atoms with Crippen molar-refractivity contribution in [1.82, 2.24) is 0 Å². The lowest BCUT2D eigenvalue weighted by molar-refractivity contribution is 0.801. The van der Waals surface area contributed by atoms with Crippen molar-refractivity contribution >= 4 is 5.71 Å². The summed E-state index contributed by atoms with van der Waals surface area (Å²) in [6.45, 7) is 14.6. The molecule has 0 saturated heterocycles. The second-order valence-electron chi connectivity index (χ2n) is 5.67. The molecule has 1 aromatic carbocycles. The standard InChI is InChI=1S/C20H27N/c1-7-15(2)13-16(3)19(6)21-18(5)14-17(4)20-11-9-8-10-12-20/h7-13,17H,6,14H2,1-5H3/b15-7-,16-13-,21-18?/t17-/m1/s1. The van der Waals surface area contributed by atoms with Crippen molar-refractivity contribution in [1.29, 1.82) is 0 Å². The minimum atomic E-state index is 0.476. The summed E-state index contributed by atoms with van der Waals surface area (Å²) in [5.74, 6) is 0.476. The quantitative estimate of drug-likeness (QED) is 0.443. The first-order valence-corrected chi connectivity index (χ1v) is 7.53. The maximum Gasteiger partial charge on any atom is 0.0586 e. The fourth-order valence-electron chi connectivity index (χ4n) is 2.21. The lowest BCUT2D eigenvalue weighted by atomic mass is 9.96. The van der Waals surface area contributed by atoms with E-state index < -0.39 is 0 Å². The van der Waals surface area contributed by atoms with Crippen LogP contribution in [0.2, 0.25) is 0 Å². The summed E-state index contributed by atoms with van der Waals surface area (Å²) in [4.78, 5) is 4.66. The van der Waals surface area contributed by atoms with Gasteiger partial charge < -0.3 is 0 Å². The Balaban J connectivity index is 2.72. The SMILES string of the molecule is C=C(N=C(C)C[C@@H](C)c1ccccc1)/C(C)=C\C(C)=C/C. The van der Waals surface area contributed by atoms with Crippen molar-refractivity contribution in [2.45, 2.75) is 47.0 Å². The van der Waals surface area contributed by atoms with Gasteiger partial charge in [0.25, 0.3) is 0 Å². The summed E-state index contributed by atoms with van der Waals surface area (Å²) in [7, 11) is 0. The van der Waals surface area contributed by atoms with Crippen LogP contribution in [0, 0.1) is 0 Å². The Morgan fingerprint density at radius 3 is 2.38 bits per heavy atom. The van der Waals surface area contributed by atoms with E-state index in [9.17, 15) is 0 Å². The summed E-state index contributed by atoms with van der Waals surface area (Å²) >= 11 is 0. The van der Waals surface area contributed by atoms with Crippen LogP contribution in [0.5, 0.6) is 0 Å². The van der Waals surface area contributed by atoms with Gasteiger partial charge in [0.15, 0.2) is 0 Å². The van der Waals surface area contributed by atoms with Gasteiger partial charge >= 0.3 is 0 Å². The summed E-state index contributed by atoms with van der Waals surface area (Å²) in [6, 6.07) is 10.6. The molecule has 0 saturated carbocycles. The smallest absolute Gasteiger partial charge is 0.0586 e. The molecule has 0 bridgehead atoms. The van der Waals surface area contributed by atoms with E-state index in [4.69, 9.17) is 0 Å². The maximum absolute atomic E-state index is 4.66. The average Bonchev–Trinajstić information content (AvgIpc) is 2.47. The first-order chi connectivity index (χ1) is 9.93. The zero-order chi connectivity index (χ0) is 15.8. The largest absolute Gasteiger partial charge is 0.258 e. The van der Waals surface area contributed by atoms with Gasteiger partial charge in [-0.1, -0.05) is 61.6 Å². The lowest BCUT2D eigenvalue weighted by Crippen LogP contribution is -2.01. The number of nitrogens with zero attached hydrogens (tertiary/aromatic N) is 1. The molecule has 21 heavy (non-hydrogen) atoms. The Bertz CT molecular complexity index is 559. The summed E-state index contributed by atoms with van der Waals surface area (Å²) in [5.41, 5.74) is 5.70. The van der Waals surface area contributed by atoms with E-state index in [2.05, 4.69) is 81.8 Å². The van der Waals surface area contributed by atoms with Crippen LogP contribution in [0.25, 0.3) is 0 Å². The van der Waals surface area contributed by atoms with Gasteiger partial charge in [0, 0.05) is 5.71 Å². The van der Waals surface area contributed by atoms with Crippen molar-refractivity contribution in [2.75, 3.05) is 0 Å². The van der Waals surface area contributed by atoms with Crippen molar-refractivity contribution in [3.8, 4) is 0 Å². The molecule has 0 radical (unpaired) electrons. The Morgan fingerprint density at radius 2 is 1.81 bits per heavy atom. The zero-order valence-electron chi connectivity index (χ0n) is 14.0. The predicted octanol–water partition coefficient (Wildman–Crippen LogP) is 6.07. The van der Waals surface area contributed by atoms with E-state index in [1.54, 1.807) is 0 Å². The summed E-state index contributed by atoms with van der Waals surface area (Å²) in [5, 5.41) is 0. The normalized spacial score (nSPS) is 15.0. The number of hydrogen-bond donors (Lipinski definition) is 0. The van der Waals surface area contributed by atoms with Gasteiger partial charge in [-0.25, -0.2) is 0 Å². The molecule has 1 heteroatoms. The van der Waals surface area contributed by atoms with Crippen molar-refractivity contribution < 1.29 is 0 Å². The zero-order valence-corrected chi connectivity index (χ0v) is 14.0. The fourth-order valence-corrected chi connectivity index (χ4v) is 2.21. The molecule has 0 heterocycles. The molecule has 0 unspecified atom stereocenters. The molecule has 1 rings (SSSR count). The molecular formula is C20H27N. The van der Waals surface area contributed by atoms with Crippen LogP contribution >= 0.6 is 0 Å². The Kier molecular flexibility index (Phi) is 6.87. The van der Waals surface area contributed by atoms with Gasteiger partial charge in [-0.2, -0.15) is 0 Å². The maximum atomic E-state index is 4.66. The van der Waals surface area contributed by atoms with Crippen LogP contribution in [-0.4, -0.2) is 5.71 Å². The fraction of sp³-hybridized carbons (Fsp3) is 0.350. The summed E-state index contributed by atoms with van der Waals surface area (Å²) in [6.07, 6.45) is 5.17. The van der Waals surface area contributed by atoms with E-state index >= 15 is 0 Å². The number of allylic oxidation sites excluding steroid dienone is 4. The Morgan fingerprint density at radius 1 is 1.19 bits per heavy atom. The molecule has 0 N–H and O–H groups in total. The minimum absolute atomic E-state index is 0.476. The third-order valence-electron chi connectivity index (χ3n) is 3.65. The lowest BCUT2D eigenvalue weighted by Gasteiger charge is -2.12. The second kappa shape index (κ2) is 8.41. The molecule has 1 aromatic rings. The van der Waals surface area contributed by atoms with Crippen LogP contribution in [0.1, 0.15) is 52.5 Å². The average molecular weight is 281 g/mol. The van der Waals surface area contributed by atoms with Gasteiger partial charge in [0.2, 0.25) is 0 Å². The molecule has 0 spiro atoms. The highest BCUT2D eigenvalue weighted by Gasteiger charge is 2.07. The van der Waals surface area contributed by atoms with Crippen molar-refractivity contribution in [2.24, 2.45) is 4.99 Å². The molecule has 1 nitrogen and oxygen atoms in total. The second-order valence-corrected chi connectivity index (χ2v) is 5.67. The van der Waals surface area contributed by atoms with Crippen LogP contribution < -0.4 is 0 Å². The molecule has 0 aromatic heterocycles. The Labute approximate surface area is 129 Å². The minimum Gasteiger partial charge on any atom is -0.258 e. The van der Waals surface area contributed by atoms with Gasteiger partial charge in [-0.3, -0.25) is 4.99 Å². The molecular weight excluding hydrogens is 254 g/mol. The number of benzene rings is 1. The van der Waals surface area contributed by atoms with Gasteiger partial charge in [0.1, 0.15) is 0 Å². The summed E-state index contributed by atoms with van der Waals surface area (Å²) < 4.78 is 0. The third-order valence-corrected chi connectivity index (χ3v) is 3.65. The van der Waals surface area contributed by atoms with Crippen molar-refractivity contribution in [3.05, 3.63) is 71.5 Å². The highest BCUT2D eigenvalue weighted by atomic mass is 14.7. The van der Waals surface area contributed by atoms with Gasteiger partial charge in [-0.05, 0) is 51.2 Å². The van der Waals surface area contributed by atoms with Gasteiger partial charge in [-0.15, -0.1) is 0 Å². The highest BCUT2D eigenvalue weighted by molar-refractivity contribution is 5.84. The number of aliphatic imine (C=N–C) groups is 1.